The topological polar surface area (TPSA) is 39.0 Å². The summed E-state index contributed by atoms with van der Waals surface area (Å²) in [4.78, 5) is 0.248. The van der Waals surface area contributed by atoms with E-state index in [9.17, 15) is 9.50 Å². The lowest BCUT2D eigenvalue weighted by Gasteiger charge is -2.17. The first-order chi connectivity index (χ1) is 12.5. The van der Waals surface area contributed by atoms with Crippen LogP contribution in [0.4, 0.5) is 10.1 Å². The van der Waals surface area contributed by atoms with Crippen molar-refractivity contribution in [3.05, 3.63) is 95.5 Å². The molecule has 0 aliphatic heterocycles. The van der Waals surface area contributed by atoms with Crippen molar-refractivity contribution in [3.63, 3.8) is 0 Å². The number of nitrogens with one attached hydrogen (secondary N) is 1. The van der Waals surface area contributed by atoms with Crippen LogP contribution in [0.2, 0.25) is 5.02 Å². The number of benzene rings is 2. The number of pyridine rings is 1. The van der Waals surface area contributed by atoms with Crippen molar-refractivity contribution in [3.8, 4) is 0 Å². The van der Waals surface area contributed by atoms with Crippen molar-refractivity contribution in [2.75, 3.05) is 5.32 Å². The van der Waals surface area contributed by atoms with E-state index in [-0.39, 0.29) is 16.4 Å². The molecule has 0 fully saturated rings. The molecule has 0 spiro atoms. The maximum Gasteiger partial charge on any atom is 0.238 e. The monoisotopic (exact) mass is 384 g/mol. The zero-order chi connectivity index (χ0) is 18.5. The van der Waals surface area contributed by atoms with E-state index in [2.05, 4.69) is 5.32 Å². The number of hydrogen-bond acceptors (Lipinski definition) is 2. The minimum atomic E-state index is -0.405. The molecule has 3 rings (SSSR count). The molecule has 0 aliphatic carbocycles. The van der Waals surface area contributed by atoms with E-state index in [1.165, 1.54) is 24.3 Å². The molecule has 130 valence electrons. The molecular weight excluding hydrogens is 371 g/mol. The Morgan fingerprint density at radius 2 is 1.58 bits per heavy atom. The van der Waals surface area contributed by atoms with E-state index in [0.29, 0.717) is 16.3 Å². The minimum Gasteiger partial charge on any atom is -0.867 e. The summed E-state index contributed by atoms with van der Waals surface area (Å²) in [6.07, 6.45) is 3.46. The second kappa shape index (κ2) is 8.08. The van der Waals surface area contributed by atoms with Gasteiger partial charge >= 0.3 is 0 Å². The van der Waals surface area contributed by atoms with Gasteiger partial charge in [0, 0.05) is 22.8 Å². The molecule has 0 aliphatic rings. The highest BCUT2D eigenvalue weighted by Gasteiger charge is 2.18. The Kier molecular flexibility index (Phi) is 5.61. The SMILES string of the molecule is [O-]/C(=C(\C(=S)Nc1ccc(Cl)cc1)[n+]1ccccc1)c1ccc(F)cc1. The predicted octanol–water partition coefficient (Wildman–Crippen LogP) is 3.89. The molecule has 0 unspecified atom stereocenters. The molecule has 1 N–H and O–H groups in total. The van der Waals surface area contributed by atoms with Gasteiger partial charge in [0.1, 0.15) is 5.82 Å². The summed E-state index contributed by atoms with van der Waals surface area (Å²) in [5, 5.41) is 16.7. The Balaban J connectivity index is 2.03. The summed E-state index contributed by atoms with van der Waals surface area (Å²) in [5.41, 5.74) is 1.32. The van der Waals surface area contributed by atoms with Crippen molar-refractivity contribution >= 4 is 46.0 Å². The van der Waals surface area contributed by atoms with Crippen molar-refractivity contribution in [2.45, 2.75) is 0 Å². The summed E-state index contributed by atoms with van der Waals surface area (Å²) >= 11 is 11.4. The van der Waals surface area contributed by atoms with Gasteiger partial charge in [0.15, 0.2) is 17.4 Å². The standard InChI is InChI=1S/C20H14ClFN2OS/c21-15-6-10-17(11-7-15)23-20(26)18(24-12-2-1-3-13-24)19(25)14-4-8-16(22)9-5-14/h1-13H,(H-,23,25,26). The Labute approximate surface area is 161 Å². The van der Waals surface area contributed by atoms with Crippen LogP contribution in [0.3, 0.4) is 0 Å². The maximum absolute atomic E-state index is 13.2. The predicted molar refractivity (Wildman–Crippen MR) is 104 cm³/mol. The third kappa shape index (κ3) is 4.25. The van der Waals surface area contributed by atoms with Crippen LogP contribution in [0, 0.1) is 5.82 Å². The largest absolute Gasteiger partial charge is 0.867 e. The van der Waals surface area contributed by atoms with Crippen LogP contribution in [-0.4, -0.2) is 4.99 Å². The van der Waals surface area contributed by atoms with E-state index in [0.717, 1.165) is 0 Å². The van der Waals surface area contributed by atoms with Gasteiger partial charge in [-0.3, -0.25) is 0 Å². The fraction of sp³-hybridized carbons (Fsp3) is 0. The fourth-order valence-electron chi connectivity index (χ4n) is 2.35. The third-order valence-electron chi connectivity index (χ3n) is 3.61. The molecule has 0 atom stereocenters. The lowest BCUT2D eigenvalue weighted by atomic mass is 10.1. The molecule has 1 heterocycles. The van der Waals surface area contributed by atoms with E-state index in [1.54, 1.807) is 53.4 Å². The lowest BCUT2D eigenvalue weighted by Crippen LogP contribution is -2.39. The molecule has 3 nitrogen and oxygen atoms in total. The zero-order valence-corrected chi connectivity index (χ0v) is 15.1. The van der Waals surface area contributed by atoms with Gasteiger partial charge in [-0.15, -0.1) is 0 Å². The molecule has 0 saturated heterocycles. The number of nitrogens with zero attached hydrogens (tertiary/aromatic N) is 1. The van der Waals surface area contributed by atoms with Crippen molar-refractivity contribution in [2.24, 2.45) is 0 Å². The van der Waals surface area contributed by atoms with Gasteiger partial charge in [-0.25, -0.2) is 4.39 Å². The zero-order valence-electron chi connectivity index (χ0n) is 13.5. The van der Waals surface area contributed by atoms with Crippen LogP contribution in [0.15, 0.2) is 79.1 Å². The summed E-state index contributed by atoms with van der Waals surface area (Å²) in [6.45, 7) is 0. The maximum atomic E-state index is 13.2. The Morgan fingerprint density at radius 1 is 0.962 bits per heavy atom. The van der Waals surface area contributed by atoms with Crippen LogP contribution in [0.5, 0.6) is 0 Å². The average molecular weight is 385 g/mol. The molecule has 0 amide bonds. The smallest absolute Gasteiger partial charge is 0.238 e. The quantitative estimate of drug-likeness (QED) is 0.321. The molecule has 6 heteroatoms. The Hall–Kier alpha value is -2.76. The van der Waals surface area contributed by atoms with E-state index < -0.39 is 5.82 Å². The van der Waals surface area contributed by atoms with Crippen LogP contribution in [0.25, 0.3) is 11.5 Å². The highest BCUT2D eigenvalue weighted by atomic mass is 35.5. The summed E-state index contributed by atoms with van der Waals surface area (Å²) in [7, 11) is 0. The van der Waals surface area contributed by atoms with Crippen LogP contribution >= 0.6 is 23.8 Å². The van der Waals surface area contributed by atoms with E-state index in [4.69, 9.17) is 23.8 Å². The molecule has 0 saturated carbocycles. The first-order valence-corrected chi connectivity index (χ1v) is 8.54. The third-order valence-corrected chi connectivity index (χ3v) is 4.16. The van der Waals surface area contributed by atoms with Gasteiger partial charge < -0.3 is 10.4 Å². The van der Waals surface area contributed by atoms with Gasteiger partial charge in [0.05, 0.1) is 0 Å². The minimum absolute atomic E-state index is 0.248. The number of rotatable bonds is 4. The summed E-state index contributed by atoms with van der Waals surface area (Å²) in [6, 6.07) is 17.8. The van der Waals surface area contributed by atoms with Crippen LogP contribution in [0.1, 0.15) is 5.56 Å². The first-order valence-electron chi connectivity index (χ1n) is 7.75. The molecule has 3 aromatic rings. The van der Waals surface area contributed by atoms with Gasteiger partial charge in [-0.05, 0) is 47.7 Å². The second-order valence-corrected chi connectivity index (χ2v) is 6.27. The van der Waals surface area contributed by atoms with E-state index in [1.807, 2.05) is 6.07 Å². The fourth-order valence-corrected chi connectivity index (χ4v) is 2.79. The van der Waals surface area contributed by atoms with Crippen molar-refractivity contribution < 1.29 is 14.1 Å². The number of hydrogen-bond donors (Lipinski definition) is 1. The molecule has 26 heavy (non-hydrogen) atoms. The summed E-state index contributed by atoms with van der Waals surface area (Å²) in [5.74, 6) is -0.718. The van der Waals surface area contributed by atoms with Gasteiger partial charge in [-0.1, -0.05) is 42.0 Å². The van der Waals surface area contributed by atoms with E-state index >= 15 is 0 Å². The molecular formula is C20H14ClFN2OS. The number of anilines is 1. The number of thiocarbonyl (C=S) groups is 1. The van der Waals surface area contributed by atoms with Crippen molar-refractivity contribution in [1.82, 2.24) is 0 Å². The Morgan fingerprint density at radius 3 is 2.19 bits per heavy atom. The molecule has 0 radical (unpaired) electrons. The second-order valence-electron chi connectivity index (χ2n) is 5.43. The highest BCUT2D eigenvalue weighted by molar-refractivity contribution is 7.81. The lowest BCUT2D eigenvalue weighted by molar-refractivity contribution is -0.577. The Bertz CT molecular complexity index is 942. The van der Waals surface area contributed by atoms with Gasteiger partial charge in [0.25, 0.3) is 0 Å². The molecule has 1 aromatic heterocycles. The number of aromatic nitrogens is 1. The van der Waals surface area contributed by atoms with Crippen LogP contribution < -0.4 is 15.0 Å². The first kappa shape index (κ1) is 18.0. The van der Waals surface area contributed by atoms with Gasteiger partial charge in [-0.2, -0.15) is 4.57 Å². The normalized spacial score (nSPS) is 11.6. The number of halogens is 2. The summed E-state index contributed by atoms with van der Waals surface area (Å²) < 4.78 is 14.8. The van der Waals surface area contributed by atoms with Crippen molar-refractivity contribution in [1.29, 1.82) is 0 Å². The average Bonchev–Trinajstić information content (AvgIpc) is 2.65. The van der Waals surface area contributed by atoms with Gasteiger partial charge in [0.2, 0.25) is 5.70 Å². The van der Waals surface area contributed by atoms with Crippen LogP contribution in [-0.2, 0) is 0 Å². The highest BCUT2D eigenvalue weighted by Crippen LogP contribution is 2.18. The molecule has 0 bridgehead atoms. The molecule has 2 aromatic carbocycles.